The summed E-state index contributed by atoms with van der Waals surface area (Å²) in [5.41, 5.74) is 5.66. The number of aromatic nitrogens is 2. The van der Waals surface area contributed by atoms with Crippen LogP contribution in [0.2, 0.25) is 0 Å². The number of nitrogens with zero attached hydrogens (tertiary/aromatic N) is 1. The number of aromatic amines is 1. The average Bonchev–Trinajstić information content (AvgIpc) is 2.62. The number of nitrogens with one attached hydrogen (secondary N) is 1. The molecule has 0 aliphatic heterocycles. The number of hydrogen-bond donors (Lipinski definition) is 2. The lowest BCUT2D eigenvalue weighted by molar-refractivity contribution is -0.139. The zero-order chi connectivity index (χ0) is 11.8. The number of alkyl halides is 3. The quantitative estimate of drug-likeness (QED) is 0.828. The first kappa shape index (κ1) is 10.9. The van der Waals surface area contributed by atoms with Crippen molar-refractivity contribution >= 4 is 10.9 Å². The zero-order valence-electron chi connectivity index (χ0n) is 8.30. The number of hydrogen-bond acceptors (Lipinski definition) is 2. The molecule has 0 unspecified atom stereocenters. The number of fused-ring (bicyclic) bond motifs is 1. The fraction of sp³-hybridized carbons (Fsp3) is 0.300. The Morgan fingerprint density at radius 2 is 2.06 bits per heavy atom. The minimum atomic E-state index is -4.41. The second kappa shape index (κ2) is 3.79. The van der Waals surface area contributed by atoms with Gasteiger partial charge in [0, 0.05) is 5.39 Å². The third-order valence-corrected chi connectivity index (χ3v) is 2.37. The van der Waals surface area contributed by atoms with Gasteiger partial charge in [-0.25, -0.2) is 0 Å². The normalized spacial score (nSPS) is 12.2. The minimum Gasteiger partial charge on any atom is -0.330 e. The van der Waals surface area contributed by atoms with Gasteiger partial charge in [-0.1, -0.05) is 18.2 Å². The van der Waals surface area contributed by atoms with Gasteiger partial charge in [-0.2, -0.15) is 18.3 Å². The second-order valence-electron chi connectivity index (χ2n) is 3.45. The van der Waals surface area contributed by atoms with Crippen LogP contribution in [0.4, 0.5) is 13.2 Å². The molecule has 1 aromatic heterocycles. The Kier molecular flexibility index (Phi) is 2.59. The lowest BCUT2D eigenvalue weighted by Crippen LogP contribution is -2.06. The van der Waals surface area contributed by atoms with Gasteiger partial charge >= 0.3 is 6.18 Å². The summed E-state index contributed by atoms with van der Waals surface area (Å²) in [4.78, 5) is 0. The van der Waals surface area contributed by atoms with Crippen molar-refractivity contribution < 1.29 is 13.2 Å². The molecule has 3 N–H and O–H groups in total. The highest BCUT2D eigenvalue weighted by Gasteiger charge is 2.35. The molecule has 16 heavy (non-hydrogen) atoms. The van der Waals surface area contributed by atoms with Crippen molar-refractivity contribution in [2.24, 2.45) is 5.73 Å². The molecule has 0 spiro atoms. The van der Waals surface area contributed by atoms with Crippen LogP contribution in [0, 0.1) is 0 Å². The Morgan fingerprint density at radius 1 is 1.31 bits per heavy atom. The van der Waals surface area contributed by atoms with E-state index in [1.54, 1.807) is 12.1 Å². The van der Waals surface area contributed by atoms with Gasteiger partial charge in [0.2, 0.25) is 0 Å². The van der Waals surface area contributed by atoms with Crippen LogP contribution in [0.15, 0.2) is 18.2 Å². The molecule has 0 saturated heterocycles. The van der Waals surface area contributed by atoms with Gasteiger partial charge in [0.15, 0.2) is 0 Å². The maximum absolute atomic E-state index is 12.6. The Balaban J connectivity index is 2.62. The molecule has 86 valence electrons. The Bertz CT molecular complexity index is 501. The van der Waals surface area contributed by atoms with Gasteiger partial charge in [-0.05, 0) is 18.5 Å². The van der Waals surface area contributed by atoms with Crippen LogP contribution in [-0.4, -0.2) is 16.7 Å². The van der Waals surface area contributed by atoms with Crippen LogP contribution in [0.3, 0.4) is 0 Å². The van der Waals surface area contributed by atoms with E-state index in [9.17, 15) is 13.2 Å². The summed E-state index contributed by atoms with van der Waals surface area (Å²) < 4.78 is 37.7. The standard InChI is InChI=1S/C10H10F3N3/c11-10(12,13)9-7-3-1-2-6(4-5-14)8(7)15-16-9/h1-3H,4-5,14H2,(H,15,16). The van der Waals surface area contributed by atoms with Crippen LogP contribution < -0.4 is 5.73 Å². The zero-order valence-corrected chi connectivity index (χ0v) is 8.30. The number of nitrogens with two attached hydrogens (primary N) is 1. The number of para-hydroxylation sites is 1. The van der Waals surface area contributed by atoms with E-state index in [-0.39, 0.29) is 5.39 Å². The number of halogens is 3. The van der Waals surface area contributed by atoms with E-state index in [4.69, 9.17) is 5.73 Å². The summed E-state index contributed by atoms with van der Waals surface area (Å²) >= 11 is 0. The third kappa shape index (κ3) is 1.76. The Morgan fingerprint density at radius 3 is 2.69 bits per heavy atom. The van der Waals surface area contributed by atoms with Gasteiger partial charge < -0.3 is 5.73 Å². The third-order valence-electron chi connectivity index (χ3n) is 2.37. The van der Waals surface area contributed by atoms with E-state index in [1.165, 1.54) is 6.07 Å². The van der Waals surface area contributed by atoms with Crippen molar-refractivity contribution in [1.29, 1.82) is 0 Å². The average molecular weight is 229 g/mol. The van der Waals surface area contributed by atoms with Gasteiger partial charge in [0.25, 0.3) is 0 Å². The Hall–Kier alpha value is -1.56. The minimum absolute atomic E-state index is 0.0958. The summed E-state index contributed by atoms with van der Waals surface area (Å²) in [6.45, 7) is 0.382. The molecule has 3 nitrogen and oxygen atoms in total. The molecule has 0 aliphatic rings. The van der Waals surface area contributed by atoms with E-state index in [0.29, 0.717) is 18.5 Å². The van der Waals surface area contributed by atoms with Crippen molar-refractivity contribution in [3.63, 3.8) is 0 Å². The molecule has 0 amide bonds. The van der Waals surface area contributed by atoms with Crippen molar-refractivity contribution in [2.75, 3.05) is 6.54 Å². The molecule has 0 fully saturated rings. The molecule has 0 saturated carbocycles. The fourth-order valence-electron chi connectivity index (χ4n) is 1.67. The van der Waals surface area contributed by atoms with Crippen molar-refractivity contribution in [3.05, 3.63) is 29.5 Å². The van der Waals surface area contributed by atoms with Crippen LogP contribution >= 0.6 is 0 Å². The highest BCUT2D eigenvalue weighted by molar-refractivity contribution is 5.84. The summed E-state index contributed by atoms with van der Waals surface area (Å²) in [6.07, 6.45) is -3.89. The van der Waals surface area contributed by atoms with Crippen LogP contribution in [0.5, 0.6) is 0 Å². The van der Waals surface area contributed by atoms with Crippen molar-refractivity contribution in [1.82, 2.24) is 10.2 Å². The van der Waals surface area contributed by atoms with Crippen molar-refractivity contribution in [2.45, 2.75) is 12.6 Å². The molecule has 6 heteroatoms. The number of H-pyrrole nitrogens is 1. The SMILES string of the molecule is NCCc1cccc2c(C(F)(F)F)[nH]nc12. The molecule has 1 heterocycles. The van der Waals surface area contributed by atoms with Gasteiger partial charge in [0.05, 0.1) is 5.52 Å². The fourth-order valence-corrected chi connectivity index (χ4v) is 1.67. The van der Waals surface area contributed by atoms with E-state index in [1.807, 2.05) is 5.10 Å². The second-order valence-corrected chi connectivity index (χ2v) is 3.45. The first-order valence-electron chi connectivity index (χ1n) is 4.77. The molecular weight excluding hydrogens is 219 g/mol. The van der Waals surface area contributed by atoms with E-state index < -0.39 is 11.9 Å². The maximum Gasteiger partial charge on any atom is 0.433 e. The first-order valence-corrected chi connectivity index (χ1v) is 4.77. The largest absolute Gasteiger partial charge is 0.433 e. The van der Waals surface area contributed by atoms with E-state index in [0.717, 1.165) is 5.56 Å². The predicted molar refractivity (Wildman–Crippen MR) is 53.9 cm³/mol. The molecule has 1 aromatic carbocycles. The van der Waals surface area contributed by atoms with Gasteiger partial charge in [-0.3, -0.25) is 5.10 Å². The molecule has 0 bridgehead atoms. The summed E-state index contributed by atoms with van der Waals surface area (Å²) in [6, 6.07) is 4.72. The lowest BCUT2D eigenvalue weighted by atomic mass is 10.1. The molecule has 0 aliphatic carbocycles. The maximum atomic E-state index is 12.6. The van der Waals surface area contributed by atoms with Crippen LogP contribution in [0.1, 0.15) is 11.3 Å². The molecule has 2 aromatic rings. The molecular formula is C10H10F3N3. The predicted octanol–water partition coefficient (Wildman–Crippen LogP) is 2.08. The molecule has 0 radical (unpaired) electrons. The van der Waals surface area contributed by atoms with Crippen LogP contribution in [-0.2, 0) is 12.6 Å². The summed E-state index contributed by atoms with van der Waals surface area (Å²) in [5, 5.41) is 5.84. The van der Waals surface area contributed by atoms with E-state index in [2.05, 4.69) is 5.10 Å². The smallest absolute Gasteiger partial charge is 0.330 e. The highest BCUT2D eigenvalue weighted by atomic mass is 19.4. The van der Waals surface area contributed by atoms with Gasteiger partial charge in [-0.15, -0.1) is 0 Å². The number of rotatable bonds is 2. The molecule has 2 rings (SSSR count). The molecule has 0 atom stereocenters. The highest BCUT2D eigenvalue weighted by Crippen LogP contribution is 2.33. The van der Waals surface area contributed by atoms with Gasteiger partial charge in [0.1, 0.15) is 5.69 Å². The summed E-state index contributed by atoms with van der Waals surface area (Å²) in [7, 11) is 0. The lowest BCUT2D eigenvalue weighted by Gasteiger charge is -2.03. The van der Waals surface area contributed by atoms with E-state index >= 15 is 0 Å². The van der Waals surface area contributed by atoms with Crippen LogP contribution in [0.25, 0.3) is 10.9 Å². The van der Waals surface area contributed by atoms with Crippen molar-refractivity contribution in [3.8, 4) is 0 Å². The summed E-state index contributed by atoms with van der Waals surface area (Å²) in [5.74, 6) is 0. The Labute approximate surface area is 89.4 Å². The number of benzene rings is 1. The topological polar surface area (TPSA) is 54.7 Å². The first-order chi connectivity index (χ1) is 7.54. The monoisotopic (exact) mass is 229 g/mol.